The van der Waals surface area contributed by atoms with Gasteiger partial charge in [-0.1, -0.05) is 12.1 Å². The minimum Gasteiger partial charge on any atom is -0.496 e. The fourth-order valence-corrected chi connectivity index (χ4v) is 3.68. The molecule has 0 fully saturated rings. The van der Waals surface area contributed by atoms with Crippen molar-refractivity contribution in [3.63, 3.8) is 0 Å². The van der Waals surface area contributed by atoms with E-state index >= 15 is 0 Å². The van der Waals surface area contributed by atoms with Crippen molar-refractivity contribution >= 4 is 10.0 Å². The molecule has 2 aromatic rings. The highest BCUT2D eigenvalue weighted by Crippen LogP contribution is 2.25. The molecule has 0 amide bonds. The molecule has 0 bridgehead atoms. The fourth-order valence-electron chi connectivity index (χ4n) is 2.58. The standard InChI is InChI=1S/C19H25NO4S/c1-13-6-7-14(2)19(16(13)4)24-11-10-20-25(21,22)17-8-9-18(23-5)15(3)12-17/h6-9,12,20H,10-11H2,1-5H3. The van der Waals surface area contributed by atoms with E-state index in [1.165, 1.54) is 6.07 Å². The van der Waals surface area contributed by atoms with Crippen LogP contribution in [0.5, 0.6) is 11.5 Å². The fraction of sp³-hybridized carbons (Fsp3) is 0.368. The van der Waals surface area contributed by atoms with Crippen molar-refractivity contribution in [2.75, 3.05) is 20.3 Å². The first-order chi connectivity index (χ1) is 11.8. The van der Waals surface area contributed by atoms with E-state index in [2.05, 4.69) is 4.72 Å². The summed E-state index contributed by atoms with van der Waals surface area (Å²) in [6.45, 7) is 8.27. The molecular weight excluding hydrogens is 338 g/mol. The van der Waals surface area contributed by atoms with E-state index in [4.69, 9.17) is 9.47 Å². The summed E-state index contributed by atoms with van der Waals surface area (Å²) < 4.78 is 38.3. The topological polar surface area (TPSA) is 64.6 Å². The lowest BCUT2D eigenvalue weighted by Gasteiger charge is -2.14. The summed E-state index contributed by atoms with van der Waals surface area (Å²) in [4.78, 5) is 0.216. The molecule has 0 aliphatic heterocycles. The summed E-state index contributed by atoms with van der Waals surface area (Å²) in [7, 11) is -2.02. The van der Waals surface area contributed by atoms with E-state index in [0.29, 0.717) is 5.75 Å². The van der Waals surface area contributed by atoms with Gasteiger partial charge in [-0.15, -0.1) is 0 Å². The van der Waals surface area contributed by atoms with Crippen molar-refractivity contribution < 1.29 is 17.9 Å². The summed E-state index contributed by atoms with van der Waals surface area (Å²) in [5.41, 5.74) is 4.04. The maximum atomic E-state index is 12.4. The first-order valence-electron chi connectivity index (χ1n) is 8.10. The van der Waals surface area contributed by atoms with Crippen LogP contribution in [0, 0.1) is 27.7 Å². The van der Waals surface area contributed by atoms with E-state index < -0.39 is 10.0 Å². The molecule has 0 unspecified atom stereocenters. The second kappa shape index (κ2) is 7.89. The molecule has 0 atom stereocenters. The first kappa shape index (κ1) is 19.3. The number of rotatable bonds is 7. The molecule has 1 N–H and O–H groups in total. The van der Waals surface area contributed by atoms with Gasteiger partial charge in [-0.05, 0) is 68.1 Å². The van der Waals surface area contributed by atoms with Crippen molar-refractivity contribution in [2.24, 2.45) is 0 Å². The van der Waals surface area contributed by atoms with E-state index in [-0.39, 0.29) is 18.0 Å². The Bertz CT molecular complexity index is 860. The monoisotopic (exact) mass is 363 g/mol. The minimum atomic E-state index is -3.58. The van der Waals surface area contributed by atoms with Gasteiger partial charge in [0.25, 0.3) is 0 Å². The largest absolute Gasteiger partial charge is 0.496 e. The number of ether oxygens (including phenoxy) is 2. The van der Waals surface area contributed by atoms with Gasteiger partial charge in [0.05, 0.1) is 12.0 Å². The molecule has 0 aromatic heterocycles. The van der Waals surface area contributed by atoms with Crippen LogP contribution in [0.4, 0.5) is 0 Å². The lowest BCUT2D eigenvalue weighted by atomic mass is 10.1. The lowest BCUT2D eigenvalue weighted by Crippen LogP contribution is -2.28. The summed E-state index contributed by atoms with van der Waals surface area (Å²) in [6, 6.07) is 8.83. The molecule has 0 saturated heterocycles. The van der Waals surface area contributed by atoms with Crippen molar-refractivity contribution in [3.8, 4) is 11.5 Å². The average Bonchev–Trinajstić information content (AvgIpc) is 2.57. The molecule has 6 heteroatoms. The first-order valence-corrected chi connectivity index (χ1v) is 9.58. The molecule has 2 rings (SSSR count). The van der Waals surface area contributed by atoms with Crippen LogP contribution >= 0.6 is 0 Å². The third-order valence-corrected chi connectivity index (χ3v) is 5.65. The highest BCUT2D eigenvalue weighted by atomic mass is 32.2. The number of aryl methyl sites for hydroxylation is 3. The van der Waals surface area contributed by atoms with Gasteiger partial charge >= 0.3 is 0 Å². The normalized spacial score (nSPS) is 11.4. The highest BCUT2D eigenvalue weighted by molar-refractivity contribution is 7.89. The van der Waals surface area contributed by atoms with E-state index in [1.807, 2.05) is 39.8 Å². The van der Waals surface area contributed by atoms with E-state index in [1.54, 1.807) is 19.2 Å². The van der Waals surface area contributed by atoms with Crippen LogP contribution in [0.25, 0.3) is 0 Å². The average molecular weight is 363 g/mol. The van der Waals surface area contributed by atoms with Crippen molar-refractivity contribution in [1.82, 2.24) is 4.72 Å². The third kappa shape index (κ3) is 4.52. The molecule has 0 radical (unpaired) electrons. The van der Waals surface area contributed by atoms with Crippen LogP contribution in [0.3, 0.4) is 0 Å². The van der Waals surface area contributed by atoms with Crippen LogP contribution in [-0.4, -0.2) is 28.7 Å². The molecule has 0 aliphatic carbocycles. The van der Waals surface area contributed by atoms with E-state index in [9.17, 15) is 8.42 Å². The Labute approximate surface area is 150 Å². The smallest absolute Gasteiger partial charge is 0.240 e. The molecule has 0 spiro atoms. The van der Waals surface area contributed by atoms with Gasteiger partial charge in [-0.2, -0.15) is 0 Å². The Morgan fingerprint density at radius 3 is 2.28 bits per heavy atom. The molecular formula is C19H25NO4S. The van der Waals surface area contributed by atoms with Crippen LogP contribution < -0.4 is 14.2 Å². The number of hydrogen-bond donors (Lipinski definition) is 1. The lowest BCUT2D eigenvalue weighted by molar-refractivity contribution is 0.318. The second-order valence-electron chi connectivity index (χ2n) is 6.03. The molecule has 25 heavy (non-hydrogen) atoms. The van der Waals surface area contributed by atoms with Crippen LogP contribution in [-0.2, 0) is 10.0 Å². The zero-order valence-corrected chi connectivity index (χ0v) is 16.2. The Hall–Kier alpha value is -2.05. The SMILES string of the molecule is COc1ccc(S(=O)(=O)NCCOc2c(C)ccc(C)c2C)cc1C. The predicted octanol–water partition coefficient (Wildman–Crippen LogP) is 3.29. The maximum Gasteiger partial charge on any atom is 0.240 e. The van der Waals surface area contributed by atoms with Gasteiger partial charge in [0.15, 0.2) is 0 Å². The molecule has 136 valence electrons. The Kier molecular flexibility index (Phi) is 6.08. The third-order valence-electron chi connectivity index (χ3n) is 4.19. The van der Waals surface area contributed by atoms with Crippen LogP contribution in [0.2, 0.25) is 0 Å². The second-order valence-corrected chi connectivity index (χ2v) is 7.80. The molecule has 0 saturated carbocycles. The van der Waals surface area contributed by atoms with Crippen LogP contribution in [0.15, 0.2) is 35.2 Å². The van der Waals surface area contributed by atoms with Crippen molar-refractivity contribution in [1.29, 1.82) is 0 Å². The van der Waals surface area contributed by atoms with Gasteiger partial charge in [-0.25, -0.2) is 13.1 Å². The van der Waals surface area contributed by atoms with Gasteiger partial charge < -0.3 is 9.47 Å². The Morgan fingerprint density at radius 1 is 0.960 bits per heavy atom. The van der Waals surface area contributed by atoms with Gasteiger partial charge in [0, 0.05) is 6.54 Å². The Balaban J connectivity index is 1.99. The Morgan fingerprint density at radius 2 is 1.64 bits per heavy atom. The number of benzene rings is 2. The highest BCUT2D eigenvalue weighted by Gasteiger charge is 2.15. The summed E-state index contributed by atoms with van der Waals surface area (Å²) in [5, 5.41) is 0. The molecule has 5 nitrogen and oxygen atoms in total. The van der Waals surface area contributed by atoms with Crippen molar-refractivity contribution in [2.45, 2.75) is 32.6 Å². The van der Waals surface area contributed by atoms with Gasteiger partial charge in [0.2, 0.25) is 10.0 Å². The number of sulfonamides is 1. The van der Waals surface area contributed by atoms with Crippen molar-refractivity contribution in [3.05, 3.63) is 52.6 Å². The molecule has 2 aromatic carbocycles. The summed E-state index contributed by atoms with van der Waals surface area (Å²) in [5.74, 6) is 1.48. The summed E-state index contributed by atoms with van der Waals surface area (Å²) >= 11 is 0. The van der Waals surface area contributed by atoms with Crippen LogP contribution in [0.1, 0.15) is 22.3 Å². The number of methoxy groups -OCH3 is 1. The minimum absolute atomic E-state index is 0.195. The summed E-state index contributed by atoms with van der Waals surface area (Å²) in [6.07, 6.45) is 0. The quantitative estimate of drug-likeness (QED) is 0.767. The van der Waals surface area contributed by atoms with Gasteiger partial charge in [-0.3, -0.25) is 0 Å². The number of hydrogen-bond acceptors (Lipinski definition) is 4. The molecule has 0 aliphatic rings. The zero-order valence-electron chi connectivity index (χ0n) is 15.3. The zero-order chi connectivity index (χ0) is 18.6. The van der Waals surface area contributed by atoms with Gasteiger partial charge in [0.1, 0.15) is 18.1 Å². The predicted molar refractivity (Wildman–Crippen MR) is 99.1 cm³/mol. The number of nitrogens with one attached hydrogen (secondary N) is 1. The maximum absolute atomic E-state index is 12.4. The molecule has 0 heterocycles. The van der Waals surface area contributed by atoms with E-state index in [0.717, 1.165) is 28.0 Å².